The Labute approximate surface area is 367 Å². The Morgan fingerprint density at radius 3 is 2.25 bits per heavy atom. The summed E-state index contributed by atoms with van der Waals surface area (Å²) in [4.78, 5) is 73.3. The standard InChI is InChI=1S/C45H44F3N7O8.CH4/c46-45(47,48)31-6-4-5-30(26-31)40(57)51-44-49-36-25-29(9-12-37(36)54(44)32-7-2-1-3-8-32)28-53-17-15-52(16-18-53)19-20-61-21-22-62-23-24-63-33-10-11-34-35(27-33)43(60)55(42(34)59)38-13-14-39(56)50-41(38)58;/h1-12,25-27,38H,13-24,28H2,(H,49,51,57)(H,50,56,58);1H4. The van der Waals surface area contributed by atoms with Gasteiger partial charge >= 0.3 is 6.18 Å². The molecule has 1 atom stereocenters. The lowest BCUT2D eigenvalue weighted by molar-refractivity contribution is -0.138. The first kappa shape index (κ1) is 45.6. The molecule has 4 heterocycles. The summed E-state index contributed by atoms with van der Waals surface area (Å²) in [6, 6.07) is 23.1. The number of benzene rings is 4. The average Bonchev–Trinajstić information content (AvgIpc) is 3.75. The van der Waals surface area contributed by atoms with E-state index in [2.05, 4.69) is 20.4 Å². The van der Waals surface area contributed by atoms with E-state index < -0.39 is 47.3 Å². The monoisotopic (exact) mass is 883 g/mol. The Morgan fingerprint density at radius 1 is 0.781 bits per heavy atom. The quantitative estimate of drug-likeness (QED) is 0.0942. The van der Waals surface area contributed by atoms with Crippen LogP contribution in [0.5, 0.6) is 5.75 Å². The van der Waals surface area contributed by atoms with Gasteiger partial charge in [0, 0.05) is 56.9 Å². The van der Waals surface area contributed by atoms with E-state index in [1.807, 2.05) is 48.5 Å². The number of hydrogen-bond donors (Lipinski definition) is 2. The molecule has 4 aromatic carbocycles. The van der Waals surface area contributed by atoms with Gasteiger partial charge in [-0.25, -0.2) is 4.98 Å². The zero-order chi connectivity index (χ0) is 44.1. The van der Waals surface area contributed by atoms with Gasteiger partial charge in [0.2, 0.25) is 17.8 Å². The first-order chi connectivity index (χ1) is 30.4. The molecule has 0 saturated carbocycles. The van der Waals surface area contributed by atoms with Crippen LogP contribution in [-0.4, -0.2) is 126 Å². The minimum atomic E-state index is -4.58. The number of para-hydroxylation sites is 1. The molecule has 8 rings (SSSR count). The van der Waals surface area contributed by atoms with Gasteiger partial charge < -0.3 is 14.2 Å². The van der Waals surface area contributed by atoms with Gasteiger partial charge in [0.25, 0.3) is 17.7 Å². The molecule has 3 aliphatic rings. The number of fused-ring (bicyclic) bond motifs is 2. The number of carbonyl (C=O) groups is 5. The molecule has 0 radical (unpaired) electrons. The van der Waals surface area contributed by atoms with Crippen molar-refractivity contribution in [3.05, 3.63) is 119 Å². The van der Waals surface area contributed by atoms with Crippen molar-refractivity contribution in [1.82, 2.24) is 29.6 Å². The number of anilines is 1. The molecule has 3 aliphatic heterocycles. The van der Waals surface area contributed by atoms with Gasteiger partial charge in [-0.3, -0.25) is 53.9 Å². The molecule has 18 heteroatoms. The van der Waals surface area contributed by atoms with E-state index in [4.69, 9.17) is 19.2 Å². The number of piperazine rings is 1. The molecule has 0 bridgehead atoms. The number of alkyl halides is 3. The van der Waals surface area contributed by atoms with Gasteiger partial charge in [-0.05, 0) is 72.6 Å². The third-order valence-electron chi connectivity index (χ3n) is 11.1. The van der Waals surface area contributed by atoms with Gasteiger partial charge in [0.15, 0.2) is 0 Å². The van der Waals surface area contributed by atoms with Crippen LogP contribution in [0.25, 0.3) is 16.7 Å². The van der Waals surface area contributed by atoms with E-state index in [0.29, 0.717) is 37.6 Å². The molecular weight excluding hydrogens is 836 g/mol. The summed E-state index contributed by atoms with van der Waals surface area (Å²) in [5.41, 5.74) is 2.44. The molecule has 64 heavy (non-hydrogen) atoms. The number of carbonyl (C=O) groups excluding carboxylic acids is 5. The van der Waals surface area contributed by atoms with Gasteiger partial charge in [0.1, 0.15) is 18.4 Å². The highest BCUT2D eigenvalue weighted by molar-refractivity contribution is 6.23. The van der Waals surface area contributed by atoms with E-state index in [-0.39, 0.29) is 56.1 Å². The predicted molar refractivity (Wildman–Crippen MR) is 229 cm³/mol. The number of imidazole rings is 1. The van der Waals surface area contributed by atoms with Gasteiger partial charge in [0.05, 0.1) is 54.2 Å². The summed E-state index contributed by atoms with van der Waals surface area (Å²) in [5.74, 6) is -2.39. The fourth-order valence-corrected chi connectivity index (χ4v) is 7.86. The third kappa shape index (κ3) is 10.3. The fourth-order valence-electron chi connectivity index (χ4n) is 7.86. The highest BCUT2D eigenvalue weighted by Gasteiger charge is 2.44. The summed E-state index contributed by atoms with van der Waals surface area (Å²) in [5, 5.41) is 4.92. The number of ether oxygens (including phenoxy) is 3. The van der Waals surface area contributed by atoms with Crippen LogP contribution in [0.1, 0.15) is 62.5 Å². The average molecular weight is 884 g/mol. The van der Waals surface area contributed by atoms with Crippen molar-refractivity contribution in [2.75, 3.05) is 71.1 Å². The van der Waals surface area contributed by atoms with Crippen molar-refractivity contribution < 1.29 is 51.4 Å². The van der Waals surface area contributed by atoms with Crippen LogP contribution in [0.15, 0.2) is 91.0 Å². The molecule has 1 unspecified atom stereocenters. The summed E-state index contributed by atoms with van der Waals surface area (Å²) in [7, 11) is 0. The Morgan fingerprint density at radius 2 is 1.50 bits per heavy atom. The number of amides is 5. The summed E-state index contributed by atoms with van der Waals surface area (Å²) < 4.78 is 59.0. The van der Waals surface area contributed by atoms with Gasteiger partial charge in [-0.2, -0.15) is 13.2 Å². The van der Waals surface area contributed by atoms with Gasteiger partial charge in [-0.1, -0.05) is 37.8 Å². The van der Waals surface area contributed by atoms with E-state index in [1.165, 1.54) is 24.3 Å². The molecule has 2 N–H and O–H groups in total. The second-order valence-electron chi connectivity index (χ2n) is 15.3. The summed E-state index contributed by atoms with van der Waals surface area (Å²) in [6.07, 6.45) is -4.45. The molecule has 336 valence electrons. The van der Waals surface area contributed by atoms with Crippen molar-refractivity contribution in [3.63, 3.8) is 0 Å². The lowest BCUT2D eigenvalue weighted by Gasteiger charge is -2.34. The Bertz CT molecular complexity index is 2520. The van der Waals surface area contributed by atoms with Crippen molar-refractivity contribution in [1.29, 1.82) is 0 Å². The minimum Gasteiger partial charge on any atom is -0.491 e. The molecule has 0 aliphatic carbocycles. The van der Waals surface area contributed by atoms with Crippen molar-refractivity contribution in [3.8, 4) is 11.4 Å². The number of rotatable bonds is 16. The molecule has 5 aromatic rings. The molecule has 2 fully saturated rings. The number of halogens is 3. The third-order valence-corrected chi connectivity index (χ3v) is 11.1. The fraction of sp³-hybridized carbons (Fsp3) is 0.348. The zero-order valence-corrected chi connectivity index (χ0v) is 34.1. The SMILES string of the molecule is C.O=C1CCC(N2C(=O)c3ccc(OCCOCCOCCN4CCN(Cc5ccc6c(c5)nc(NC(=O)c5cccc(C(F)(F)F)c5)n6-c5ccccc5)CC4)cc3C2=O)C(=O)N1. The Kier molecular flexibility index (Phi) is 14.2. The molecular formula is C46H48F3N7O8. The van der Waals surface area contributed by atoms with Crippen LogP contribution >= 0.6 is 0 Å². The number of nitrogens with one attached hydrogen (secondary N) is 2. The predicted octanol–water partition coefficient (Wildman–Crippen LogP) is 5.56. The lowest BCUT2D eigenvalue weighted by Crippen LogP contribution is -2.54. The normalized spacial score (nSPS) is 17.0. The van der Waals surface area contributed by atoms with Crippen LogP contribution in [0.3, 0.4) is 0 Å². The maximum atomic E-state index is 13.4. The van der Waals surface area contributed by atoms with E-state index in [9.17, 15) is 37.1 Å². The number of hydrogen-bond acceptors (Lipinski definition) is 11. The van der Waals surface area contributed by atoms with Crippen LogP contribution in [0.2, 0.25) is 0 Å². The Balaban J connectivity index is 0.00000612. The molecule has 1 aromatic heterocycles. The smallest absolute Gasteiger partial charge is 0.416 e. The first-order valence-corrected chi connectivity index (χ1v) is 20.6. The molecule has 5 amide bonds. The largest absolute Gasteiger partial charge is 0.491 e. The number of piperidine rings is 1. The van der Waals surface area contributed by atoms with Crippen molar-refractivity contribution in [2.45, 2.75) is 39.0 Å². The zero-order valence-electron chi connectivity index (χ0n) is 34.1. The van der Waals surface area contributed by atoms with Crippen LogP contribution < -0.4 is 15.4 Å². The molecule has 2 saturated heterocycles. The Hall–Kier alpha value is -6.47. The summed E-state index contributed by atoms with van der Waals surface area (Å²) in [6.45, 7) is 6.71. The molecule has 0 spiro atoms. The second kappa shape index (κ2) is 19.9. The van der Waals surface area contributed by atoms with Crippen molar-refractivity contribution in [2.24, 2.45) is 0 Å². The minimum absolute atomic E-state index is 0. The van der Waals surface area contributed by atoms with E-state index in [1.54, 1.807) is 10.6 Å². The van der Waals surface area contributed by atoms with Crippen LogP contribution in [0.4, 0.5) is 19.1 Å². The highest BCUT2D eigenvalue weighted by Crippen LogP contribution is 2.32. The second-order valence-corrected chi connectivity index (χ2v) is 15.3. The topological polar surface area (TPSA) is 165 Å². The van der Waals surface area contributed by atoms with Gasteiger partial charge in [-0.15, -0.1) is 0 Å². The first-order valence-electron chi connectivity index (χ1n) is 20.6. The van der Waals surface area contributed by atoms with Crippen LogP contribution in [-0.2, 0) is 31.8 Å². The number of aromatic nitrogens is 2. The number of nitrogens with zero attached hydrogens (tertiary/aromatic N) is 5. The van der Waals surface area contributed by atoms with Crippen LogP contribution in [0, 0.1) is 0 Å². The maximum absolute atomic E-state index is 13.4. The highest BCUT2D eigenvalue weighted by atomic mass is 19.4. The molecule has 15 nitrogen and oxygen atoms in total. The summed E-state index contributed by atoms with van der Waals surface area (Å²) >= 11 is 0. The van der Waals surface area contributed by atoms with Crippen molar-refractivity contribution >= 4 is 46.5 Å². The lowest BCUT2D eigenvalue weighted by atomic mass is 10.0. The maximum Gasteiger partial charge on any atom is 0.416 e. The van der Waals surface area contributed by atoms with E-state index >= 15 is 0 Å². The number of imide groups is 2. The van der Waals surface area contributed by atoms with E-state index in [0.717, 1.165) is 66.5 Å².